The van der Waals surface area contributed by atoms with Gasteiger partial charge >= 0.3 is 0 Å². The fourth-order valence-electron chi connectivity index (χ4n) is 0.643. The molecule has 4 nitrogen and oxygen atoms in total. The summed E-state index contributed by atoms with van der Waals surface area (Å²) in [5, 5.41) is 2.56. The van der Waals surface area contributed by atoms with Crippen molar-refractivity contribution < 1.29 is 0 Å². The van der Waals surface area contributed by atoms with Crippen LogP contribution in [-0.4, -0.2) is 16.3 Å². The zero-order valence-electron chi connectivity index (χ0n) is 5.00. The highest BCUT2D eigenvalue weighted by molar-refractivity contribution is 4.79. The van der Waals surface area contributed by atoms with Gasteiger partial charge in [0.25, 0.3) is 5.56 Å². The van der Waals surface area contributed by atoms with E-state index in [1.165, 1.54) is 6.07 Å². The van der Waals surface area contributed by atoms with Crippen LogP contribution < -0.4 is 11.3 Å². The molecule has 0 aliphatic rings. The number of H-pyrrole nitrogens is 1. The summed E-state index contributed by atoms with van der Waals surface area (Å²) in [7, 11) is 0. The number of aromatic amines is 1. The Morgan fingerprint density at radius 1 is 1.78 bits per heavy atom. The number of nitrogens with two attached hydrogens (primary N) is 1. The molecule has 0 aliphatic carbocycles. The van der Waals surface area contributed by atoms with Crippen LogP contribution in [0.2, 0.25) is 0 Å². The van der Waals surface area contributed by atoms with E-state index < -0.39 is 0 Å². The average molecular weight is 127 g/mol. The molecular weight excluding hydrogens is 118 g/mol. The van der Waals surface area contributed by atoms with Crippen molar-refractivity contribution in [3.8, 4) is 0 Å². The van der Waals surface area contributed by atoms with Crippen LogP contribution in [0, 0.1) is 0 Å². The zero-order valence-corrected chi connectivity index (χ0v) is 5.00. The Balaban J connectivity index is 2.73. The van der Waals surface area contributed by atoms with E-state index in [0.717, 1.165) is 0 Å². The van der Waals surface area contributed by atoms with E-state index in [1.54, 1.807) is 10.9 Å². The van der Waals surface area contributed by atoms with E-state index in [2.05, 4.69) is 5.10 Å². The molecule has 1 rings (SSSR count). The number of rotatable bonds is 2. The lowest BCUT2D eigenvalue weighted by atomic mass is 10.6. The summed E-state index contributed by atoms with van der Waals surface area (Å²) in [6.45, 7) is 1.22. The third-order valence-corrected chi connectivity index (χ3v) is 1.03. The summed E-state index contributed by atoms with van der Waals surface area (Å²) >= 11 is 0. The minimum Gasteiger partial charge on any atom is -0.329 e. The molecule has 0 fully saturated rings. The van der Waals surface area contributed by atoms with E-state index >= 15 is 0 Å². The van der Waals surface area contributed by atoms with E-state index in [4.69, 9.17) is 5.73 Å². The van der Waals surface area contributed by atoms with E-state index in [9.17, 15) is 4.79 Å². The van der Waals surface area contributed by atoms with Crippen molar-refractivity contribution in [3.05, 3.63) is 22.6 Å². The van der Waals surface area contributed by atoms with Crippen LogP contribution in [0.25, 0.3) is 0 Å². The van der Waals surface area contributed by atoms with Crippen molar-refractivity contribution in [1.29, 1.82) is 0 Å². The summed E-state index contributed by atoms with van der Waals surface area (Å²) < 4.78 is 1.66. The van der Waals surface area contributed by atoms with Gasteiger partial charge in [-0.15, -0.1) is 0 Å². The molecule has 0 radical (unpaired) electrons. The van der Waals surface area contributed by atoms with Gasteiger partial charge in [-0.25, -0.2) is 0 Å². The Morgan fingerprint density at radius 2 is 2.56 bits per heavy atom. The monoisotopic (exact) mass is 127 g/mol. The van der Waals surface area contributed by atoms with E-state index in [0.29, 0.717) is 13.1 Å². The number of aromatic nitrogens is 2. The Bertz CT molecular complexity index is 224. The molecule has 0 aromatic carbocycles. The van der Waals surface area contributed by atoms with Crippen molar-refractivity contribution in [2.24, 2.45) is 5.73 Å². The quantitative estimate of drug-likeness (QED) is 0.542. The van der Waals surface area contributed by atoms with Crippen LogP contribution in [0.3, 0.4) is 0 Å². The number of hydrogen-bond donors (Lipinski definition) is 2. The molecule has 0 atom stereocenters. The Morgan fingerprint density at radius 3 is 3.00 bits per heavy atom. The van der Waals surface area contributed by atoms with Crippen molar-refractivity contribution in [1.82, 2.24) is 9.78 Å². The van der Waals surface area contributed by atoms with Crippen LogP contribution in [0.5, 0.6) is 0 Å². The highest BCUT2D eigenvalue weighted by atomic mass is 16.1. The maximum atomic E-state index is 10.4. The van der Waals surface area contributed by atoms with Gasteiger partial charge in [0.15, 0.2) is 0 Å². The standard InChI is InChI=1S/C5H9N3O/c6-2-4-8-3-1-5(9)7-8/h1,3H,2,4,6H2,(H,7,9). The van der Waals surface area contributed by atoms with Crippen LogP contribution in [-0.2, 0) is 6.54 Å². The maximum absolute atomic E-state index is 10.4. The molecular formula is C5H9N3O. The molecule has 0 bridgehead atoms. The van der Waals surface area contributed by atoms with Gasteiger partial charge in [0.05, 0.1) is 6.54 Å². The third-order valence-electron chi connectivity index (χ3n) is 1.03. The van der Waals surface area contributed by atoms with Gasteiger partial charge in [0, 0.05) is 18.8 Å². The highest BCUT2D eigenvalue weighted by Crippen LogP contribution is 1.74. The molecule has 1 aromatic rings. The molecule has 0 spiro atoms. The molecule has 0 amide bonds. The predicted octanol–water partition coefficient (Wildman–Crippen LogP) is -0.865. The molecule has 1 heterocycles. The first kappa shape index (κ1) is 6.10. The molecule has 50 valence electrons. The van der Waals surface area contributed by atoms with Crippen molar-refractivity contribution >= 4 is 0 Å². The lowest BCUT2D eigenvalue weighted by Gasteiger charge is -1.94. The predicted molar refractivity (Wildman–Crippen MR) is 34.1 cm³/mol. The average Bonchev–Trinajstić information content (AvgIpc) is 2.17. The van der Waals surface area contributed by atoms with Crippen molar-refractivity contribution in [2.45, 2.75) is 6.54 Å². The third kappa shape index (κ3) is 1.43. The molecule has 4 heteroatoms. The zero-order chi connectivity index (χ0) is 6.69. The second-order valence-corrected chi connectivity index (χ2v) is 1.77. The van der Waals surface area contributed by atoms with Gasteiger partial charge in [0.1, 0.15) is 0 Å². The lowest BCUT2D eigenvalue weighted by Crippen LogP contribution is -2.12. The minimum atomic E-state index is -0.0801. The molecule has 3 N–H and O–H groups in total. The SMILES string of the molecule is NCCn1ccc(=O)[nH]1. The summed E-state index contributed by atoms with van der Waals surface area (Å²) in [4.78, 5) is 10.4. The molecule has 0 saturated heterocycles. The van der Waals surface area contributed by atoms with Gasteiger partial charge in [-0.2, -0.15) is 0 Å². The maximum Gasteiger partial charge on any atom is 0.264 e. The number of hydrogen-bond acceptors (Lipinski definition) is 2. The second kappa shape index (κ2) is 2.50. The molecule has 0 aliphatic heterocycles. The van der Waals surface area contributed by atoms with Crippen LogP contribution in [0.4, 0.5) is 0 Å². The normalized spacial score (nSPS) is 9.89. The Hall–Kier alpha value is -1.03. The first-order valence-electron chi connectivity index (χ1n) is 2.78. The largest absolute Gasteiger partial charge is 0.329 e. The Labute approximate surface area is 52.3 Å². The summed E-state index contributed by atoms with van der Waals surface area (Å²) in [5.74, 6) is 0. The minimum absolute atomic E-state index is 0.0801. The van der Waals surface area contributed by atoms with Gasteiger partial charge in [-0.05, 0) is 0 Å². The fraction of sp³-hybridized carbons (Fsp3) is 0.400. The van der Waals surface area contributed by atoms with Gasteiger partial charge in [0.2, 0.25) is 0 Å². The van der Waals surface area contributed by atoms with Crippen molar-refractivity contribution in [2.75, 3.05) is 6.54 Å². The van der Waals surface area contributed by atoms with Gasteiger partial charge < -0.3 is 5.73 Å². The second-order valence-electron chi connectivity index (χ2n) is 1.77. The summed E-state index contributed by atoms with van der Waals surface area (Å²) in [6.07, 6.45) is 1.68. The van der Waals surface area contributed by atoms with Crippen LogP contribution >= 0.6 is 0 Å². The summed E-state index contributed by atoms with van der Waals surface area (Å²) in [5.41, 5.74) is 5.15. The fourth-order valence-corrected chi connectivity index (χ4v) is 0.643. The summed E-state index contributed by atoms with van der Waals surface area (Å²) in [6, 6.07) is 1.47. The first-order chi connectivity index (χ1) is 4.33. The van der Waals surface area contributed by atoms with Crippen molar-refractivity contribution in [3.63, 3.8) is 0 Å². The van der Waals surface area contributed by atoms with E-state index in [1.807, 2.05) is 0 Å². The van der Waals surface area contributed by atoms with Crippen LogP contribution in [0.1, 0.15) is 0 Å². The number of nitrogens with zero attached hydrogens (tertiary/aromatic N) is 1. The Kier molecular flexibility index (Phi) is 1.69. The molecule has 0 saturated carbocycles. The topological polar surface area (TPSA) is 63.8 Å². The number of nitrogens with one attached hydrogen (secondary N) is 1. The van der Waals surface area contributed by atoms with E-state index in [-0.39, 0.29) is 5.56 Å². The molecule has 9 heavy (non-hydrogen) atoms. The smallest absolute Gasteiger partial charge is 0.264 e. The lowest BCUT2D eigenvalue weighted by molar-refractivity contribution is 0.619. The van der Waals surface area contributed by atoms with Gasteiger partial charge in [-0.1, -0.05) is 0 Å². The molecule has 1 aromatic heterocycles. The van der Waals surface area contributed by atoms with Crippen LogP contribution in [0.15, 0.2) is 17.1 Å². The molecule has 0 unspecified atom stereocenters. The van der Waals surface area contributed by atoms with Gasteiger partial charge in [-0.3, -0.25) is 14.6 Å². The first-order valence-corrected chi connectivity index (χ1v) is 2.78. The highest BCUT2D eigenvalue weighted by Gasteiger charge is 1.86.